The van der Waals surface area contributed by atoms with E-state index in [0.29, 0.717) is 23.9 Å². The summed E-state index contributed by atoms with van der Waals surface area (Å²) in [5.41, 5.74) is 0.497. The molecule has 0 saturated carbocycles. The van der Waals surface area contributed by atoms with Gasteiger partial charge in [0.25, 0.3) is 10.0 Å². The lowest BCUT2D eigenvalue weighted by Crippen LogP contribution is -2.48. The van der Waals surface area contributed by atoms with Crippen LogP contribution in [0.4, 0.5) is 0 Å². The van der Waals surface area contributed by atoms with Crippen molar-refractivity contribution >= 4 is 27.3 Å². The van der Waals surface area contributed by atoms with Gasteiger partial charge in [-0.1, -0.05) is 13.8 Å². The number of hydrogen-bond acceptors (Lipinski definition) is 4. The lowest BCUT2D eigenvalue weighted by Gasteiger charge is -2.39. The number of nitrogens with zero attached hydrogens (tertiary/aromatic N) is 1. The van der Waals surface area contributed by atoms with Crippen molar-refractivity contribution in [3.8, 4) is 0 Å². The largest absolute Gasteiger partial charge is 0.477 e. The van der Waals surface area contributed by atoms with E-state index in [1.54, 1.807) is 6.92 Å². The van der Waals surface area contributed by atoms with Crippen LogP contribution in [0.1, 0.15) is 42.4 Å². The second kappa shape index (κ2) is 5.70. The van der Waals surface area contributed by atoms with Gasteiger partial charge in [-0.05, 0) is 43.7 Å². The Labute approximate surface area is 129 Å². The van der Waals surface area contributed by atoms with Crippen LogP contribution in [0.25, 0.3) is 0 Å². The number of hydrogen-bond donors (Lipinski definition) is 1. The first-order valence-corrected chi connectivity index (χ1v) is 9.25. The second-order valence-electron chi connectivity index (χ2n) is 6.02. The molecule has 118 valence electrons. The molecule has 2 rings (SSSR count). The van der Waals surface area contributed by atoms with Gasteiger partial charge in [0.05, 0.1) is 0 Å². The average molecular weight is 331 g/mol. The summed E-state index contributed by atoms with van der Waals surface area (Å²) in [6.07, 6.45) is 1.01. The summed E-state index contributed by atoms with van der Waals surface area (Å²) >= 11 is 0.844. The minimum Gasteiger partial charge on any atom is -0.477 e. The van der Waals surface area contributed by atoms with Crippen molar-refractivity contribution in [2.75, 3.05) is 6.54 Å². The van der Waals surface area contributed by atoms with E-state index in [1.165, 1.54) is 10.4 Å². The average Bonchev–Trinajstić information content (AvgIpc) is 2.76. The fourth-order valence-electron chi connectivity index (χ4n) is 2.89. The Morgan fingerprint density at radius 1 is 1.38 bits per heavy atom. The van der Waals surface area contributed by atoms with Gasteiger partial charge in [-0.25, -0.2) is 13.2 Å². The molecule has 1 aliphatic rings. The molecule has 1 aromatic rings. The number of carbonyl (C=O) groups is 1. The number of carboxylic acids is 1. The lowest BCUT2D eigenvalue weighted by atomic mass is 9.88. The number of thiophene rings is 1. The van der Waals surface area contributed by atoms with Crippen LogP contribution in [0.15, 0.2) is 10.3 Å². The quantitative estimate of drug-likeness (QED) is 0.924. The van der Waals surface area contributed by atoms with Gasteiger partial charge in [-0.15, -0.1) is 11.3 Å². The molecule has 3 atom stereocenters. The summed E-state index contributed by atoms with van der Waals surface area (Å²) in [4.78, 5) is 11.2. The monoisotopic (exact) mass is 331 g/mol. The molecule has 0 radical (unpaired) electrons. The first kappa shape index (κ1) is 16.5. The minimum absolute atomic E-state index is 0.0677. The zero-order valence-electron chi connectivity index (χ0n) is 12.7. The number of piperidine rings is 1. The molecule has 1 saturated heterocycles. The minimum atomic E-state index is -3.62. The van der Waals surface area contributed by atoms with Crippen LogP contribution in [0.2, 0.25) is 0 Å². The van der Waals surface area contributed by atoms with Crippen LogP contribution < -0.4 is 0 Å². The molecule has 3 unspecified atom stereocenters. The summed E-state index contributed by atoms with van der Waals surface area (Å²) < 4.78 is 27.3. The predicted octanol–water partition coefficient (Wildman–Crippen LogP) is 2.81. The number of sulfonamides is 1. The Bertz CT molecular complexity index is 650. The SMILES string of the molecule is Cc1cc(S(=O)(=O)N2CC(C)CC(C)C2C)sc1C(=O)O. The highest BCUT2D eigenvalue weighted by molar-refractivity contribution is 7.91. The van der Waals surface area contributed by atoms with Crippen LogP contribution >= 0.6 is 11.3 Å². The van der Waals surface area contributed by atoms with E-state index < -0.39 is 16.0 Å². The topological polar surface area (TPSA) is 74.7 Å². The lowest BCUT2D eigenvalue weighted by molar-refractivity contribution is 0.0701. The fourth-order valence-corrected chi connectivity index (χ4v) is 6.24. The number of carboxylic acid groups (broad SMARTS) is 1. The van der Waals surface area contributed by atoms with Crippen molar-refractivity contribution in [2.45, 2.75) is 44.4 Å². The molecule has 21 heavy (non-hydrogen) atoms. The van der Waals surface area contributed by atoms with Crippen LogP contribution in [-0.4, -0.2) is 36.4 Å². The second-order valence-corrected chi connectivity index (χ2v) is 9.19. The van der Waals surface area contributed by atoms with Crippen molar-refractivity contribution in [3.05, 3.63) is 16.5 Å². The third-order valence-corrected chi connectivity index (χ3v) is 7.82. The predicted molar refractivity (Wildman–Crippen MR) is 82.3 cm³/mol. The van der Waals surface area contributed by atoms with E-state index >= 15 is 0 Å². The van der Waals surface area contributed by atoms with E-state index in [1.807, 2.05) is 13.8 Å². The maximum absolute atomic E-state index is 12.8. The number of aryl methyl sites for hydroxylation is 1. The number of rotatable bonds is 3. The molecular formula is C14H21NO4S2. The normalized spacial score (nSPS) is 27.7. The van der Waals surface area contributed by atoms with Crippen molar-refractivity contribution < 1.29 is 18.3 Å². The zero-order chi connectivity index (χ0) is 15.9. The van der Waals surface area contributed by atoms with Gasteiger partial charge in [0, 0.05) is 12.6 Å². The molecule has 1 aromatic heterocycles. The van der Waals surface area contributed by atoms with E-state index in [2.05, 4.69) is 6.92 Å². The Morgan fingerprint density at radius 3 is 2.52 bits per heavy atom. The smallest absolute Gasteiger partial charge is 0.346 e. The molecule has 1 aliphatic heterocycles. The maximum Gasteiger partial charge on any atom is 0.346 e. The first-order valence-electron chi connectivity index (χ1n) is 7.00. The van der Waals surface area contributed by atoms with E-state index in [-0.39, 0.29) is 15.1 Å². The molecule has 2 heterocycles. The molecule has 0 amide bonds. The highest BCUT2D eigenvalue weighted by Gasteiger charge is 2.38. The van der Waals surface area contributed by atoms with Crippen LogP contribution in [0.5, 0.6) is 0 Å². The highest BCUT2D eigenvalue weighted by Crippen LogP contribution is 2.35. The van der Waals surface area contributed by atoms with Gasteiger partial charge in [0.1, 0.15) is 9.09 Å². The third-order valence-electron chi connectivity index (χ3n) is 4.20. The van der Waals surface area contributed by atoms with Crippen molar-refractivity contribution in [3.63, 3.8) is 0 Å². The van der Waals surface area contributed by atoms with Gasteiger partial charge < -0.3 is 5.11 Å². The van der Waals surface area contributed by atoms with E-state index in [9.17, 15) is 13.2 Å². The zero-order valence-corrected chi connectivity index (χ0v) is 14.3. The van der Waals surface area contributed by atoms with Crippen molar-refractivity contribution in [1.29, 1.82) is 0 Å². The Morgan fingerprint density at radius 2 is 2.00 bits per heavy atom. The van der Waals surface area contributed by atoms with Crippen molar-refractivity contribution in [2.24, 2.45) is 11.8 Å². The maximum atomic E-state index is 12.8. The summed E-state index contributed by atoms with van der Waals surface area (Å²) in [6.45, 7) is 8.15. The summed E-state index contributed by atoms with van der Waals surface area (Å²) in [5, 5.41) is 9.09. The molecule has 5 nitrogen and oxygen atoms in total. The Kier molecular flexibility index (Phi) is 4.46. The van der Waals surface area contributed by atoms with Gasteiger partial charge in [0.2, 0.25) is 0 Å². The van der Waals surface area contributed by atoms with Gasteiger partial charge in [0.15, 0.2) is 0 Å². The standard InChI is InChI=1S/C14H21NO4S2/c1-8-5-9(2)11(4)15(7-8)21(18,19)12-6-10(3)13(20-12)14(16)17/h6,8-9,11H,5,7H2,1-4H3,(H,16,17). The fraction of sp³-hybridized carbons (Fsp3) is 0.643. The van der Waals surface area contributed by atoms with Crippen LogP contribution in [0.3, 0.4) is 0 Å². The Hall–Kier alpha value is -0.920. The van der Waals surface area contributed by atoms with Gasteiger partial charge in [-0.2, -0.15) is 4.31 Å². The van der Waals surface area contributed by atoms with E-state index in [4.69, 9.17) is 5.11 Å². The number of aromatic carboxylic acids is 1. The third kappa shape index (κ3) is 3.00. The van der Waals surface area contributed by atoms with Gasteiger partial charge in [-0.3, -0.25) is 0 Å². The molecule has 0 spiro atoms. The molecule has 0 aliphatic carbocycles. The van der Waals surface area contributed by atoms with Gasteiger partial charge >= 0.3 is 5.97 Å². The summed E-state index contributed by atoms with van der Waals surface area (Å²) in [6, 6.07) is 1.40. The molecule has 0 aromatic carbocycles. The highest BCUT2D eigenvalue weighted by atomic mass is 32.2. The summed E-state index contributed by atoms with van der Waals surface area (Å²) in [7, 11) is -3.62. The molecule has 0 bridgehead atoms. The van der Waals surface area contributed by atoms with Crippen molar-refractivity contribution in [1.82, 2.24) is 4.31 Å². The van der Waals surface area contributed by atoms with Crippen LogP contribution in [0, 0.1) is 18.8 Å². The molecule has 7 heteroatoms. The Balaban J connectivity index is 2.41. The molecule has 1 N–H and O–H groups in total. The van der Waals surface area contributed by atoms with E-state index in [0.717, 1.165) is 17.8 Å². The summed E-state index contributed by atoms with van der Waals surface area (Å²) in [5.74, 6) is -0.470. The molecule has 1 fully saturated rings. The first-order chi connectivity index (χ1) is 9.64. The van der Waals surface area contributed by atoms with Crippen LogP contribution in [-0.2, 0) is 10.0 Å². The molecular weight excluding hydrogens is 310 g/mol.